The van der Waals surface area contributed by atoms with Crippen molar-refractivity contribution < 1.29 is 19.2 Å². The lowest BCUT2D eigenvalue weighted by Crippen LogP contribution is -2.41. The van der Waals surface area contributed by atoms with Crippen molar-refractivity contribution in [2.24, 2.45) is 0 Å². The van der Waals surface area contributed by atoms with Gasteiger partial charge >= 0.3 is 7.12 Å². The number of benzene rings is 1. The van der Waals surface area contributed by atoms with Gasteiger partial charge in [-0.15, -0.1) is 0 Å². The van der Waals surface area contributed by atoms with Crippen molar-refractivity contribution in [3.63, 3.8) is 0 Å². The Morgan fingerprint density at radius 2 is 1.94 bits per heavy atom. The number of nitrogens with one attached hydrogen (secondary N) is 1. The number of amides is 1. The first-order valence-electron chi connectivity index (χ1n) is 12.0. The van der Waals surface area contributed by atoms with Gasteiger partial charge in [0.15, 0.2) is 5.69 Å². The molecule has 0 radical (unpaired) electrons. The Bertz CT molecular complexity index is 1090. The minimum Gasteiger partial charge on any atom is -0.399 e. The molecule has 8 nitrogen and oxygen atoms in total. The average molecular weight is 487 g/mol. The third kappa shape index (κ3) is 4.18. The number of aliphatic hydroxyl groups is 1. The first-order valence-corrected chi connectivity index (χ1v) is 12.4. The SMILES string of the molecule is CC1(C)OB(c2cccc(NC(=O)c3cc4n(n3)CCC[C@@H]4N3CC[C@@H](O)C3)c2Cl)OC1(C)C. The van der Waals surface area contributed by atoms with Crippen molar-refractivity contribution in [3.05, 3.63) is 40.7 Å². The molecule has 3 aliphatic heterocycles. The van der Waals surface area contributed by atoms with E-state index in [0.29, 0.717) is 28.4 Å². The van der Waals surface area contributed by atoms with Gasteiger partial charge < -0.3 is 19.7 Å². The second-order valence-electron chi connectivity index (χ2n) is 10.5. The maximum Gasteiger partial charge on any atom is 0.496 e. The van der Waals surface area contributed by atoms with E-state index in [2.05, 4.69) is 15.3 Å². The number of likely N-dealkylation sites (tertiary alicyclic amines) is 1. The van der Waals surface area contributed by atoms with E-state index in [4.69, 9.17) is 20.9 Å². The molecule has 182 valence electrons. The van der Waals surface area contributed by atoms with Crippen LogP contribution in [-0.4, -0.2) is 63.2 Å². The zero-order valence-electron chi connectivity index (χ0n) is 20.2. The van der Waals surface area contributed by atoms with Crippen molar-refractivity contribution in [2.45, 2.75) is 76.9 Å². The van der Waals surface area contributed by atoms with Gasteiger partial charge in [0, 0.05) is 25.1 Å². The van der Waals surface area contributed by atoms with E-state index in [-0.39, 0.29) is 18.1 Å². The molecule has 5 rings (SSSR count). The number of aryl methyl sites for hydroxylation is 1. The number of nitrogens with zero attached hydrogens (tertiary/aromatic N) is 3. The Hall–Kier alpha value is -1.91. The van der Waals surface area contributed by atoms with Crippen LogP contribution in [0.5, 0.6) is 0 Å². The van der Waals surface area contributed by atoms with Crippen molar-refractivity contribution in [3.8, 4) is 0 Å². The number of hydrogen-bond donors (Lipinski definition) is 2. The molecule has 2 N–H and O–H groups in total. The smallest absolute Gasteiger partial charge is 0.399 e. The van der Waals surface area contributed by atoms with Crippen LogP contribution in [0.1, 0.15) is 69.2 Å². The zero-order chi connectivity index (χ0) is 24.3. The molecule has 10 heteroatoms. The van der Waals surface area contributed by atoms with E-state index in [1.807, 2.05) is 50.6 Å². The first kappa shape index (κ1) is 23.8. The maximum absolute atomic E-state index is 13.1. The number of halogens is 1. The van der Waals surface area contributed by atoms with Crippen LogP contribution in [0.4, 0.5) is 5.69 Å². The highest BCUT2D eigenvalue weighted by atomic mass is 35.5. The summed E-state index contributed by atoms with van der Waals surface area (Å²) in [5.41, 5.74) is 1.58. The summed E-state index contributed by atoms with van der Waals surface area (Å²) < 4.78 is 14.2. The summed E-state index contributed by atoms with van der Waals surface area (Å²) in [4.78, 5) is 15.4. The standard InChI is InChI=1S/C24H32BClN4O4/c1-23(2)24(3,4)34-25(33-23)16-7-5-8-17(21(16)26)27-22(32)18-13-20-19(9-6-11-30(20)28-18)29-12-10-15(31)14-29/h5,7-8,13,15,19,31H,6,9-12,14H2,1-4H3,(H,27,32)/t15-,19+/m1/s1. The summed E-state index contributed by atoms with van der Waals surface area (Å²) in [6, 6.07) is 7.49. The highest BCUT2D eigenvalue weighted by molar-refractivity contribution is 6.66. The van der Waals surface area contributed by atoms with Crippen molar-refractivity contribution in [1.29, 1.82) is 0 Å². The van der Waals surface area contributed by atoms with E-state index in [0.717, 1.165) is 38.0 Å². The lowest BCUT2D eigenvalue weighted by Gasteiger charge is -2.32. The van der Waals surface area contributed by atoms with Crippen LogP contribution >= 0.6 is 11.6 Å². The summed E-state index contributed by atoms with van der Waals surface area (Å²) in [7, 11) is -0.620. The molecule has 2 aromatic rings. The van der Waals surface area contributed by atoms with Gasteiger partial charge in [0.2, 0.25) is 0 Å². The van der Waals surface area contributed by atoms with Gasteiger partial charge in [-0.3, -0.25) is 14.4 Å². The highest BCUT2D eigenvalue weighted by Gasteiger charge is 2.52. The summed E-state index contributed by atoms with van der Waals surface area (Å²) in [5, 5.41) is 17.9. The van der Waals surface area contributed by atoms with Crippen molar-refractivity contribution in [2.75, 3.05) is 18.4 Å². The van der Waals surface area contributed by atoms with Crippen molar-refractivity contribution >= 4 is 35.8 Å². The number of aliphatic hydroxyl groups excluding tert-OH is 1. The van der Waals surface area contributed by atoms with Crippen LogP contribution < -0.4 is 10.8 Å². The summed E-state index contributed by atoms with van der Waals surface area (Å²) in [6.45, 7) is 10.3. The Morgan fingerprint density at radius 1 is 1.21 bits per heavy atom. The Kier molecular flexibility index (Phi) is 6.05. The van der Waals surface area contributed by atoms with Gasteiger partial charge in [0.05, 0.1) is 39.8 Å². The van der Waals surface area contributed by atoms with Gasteiger partial charge in [-0.05, 0) is 59.1 Å². The third-order valence-electron chi connectivity index (χ3n) is 7.65. The molecule has 1 amide bonds. The fourth-order valence-corrected chi connectivity index (χ4v) is 5.24. The quantitative estimate of drug-likeness (QED) is 0.646. The molecule has 0 unspecified atom stereocenters. The summed E-state index contributed by atoms with van der Waals surface area (Å²) in [5.74, 6) is -0.310. The van der Waals surface area contributed by atoms with Gasteiger partial charge in [0.1, 0.15) is 0 Å². The van der Waals surface area contributed by atoms with E-state index >= 15 is 0 Å². The number of carbonyl (C=O) groups excluding carboxylic acids is 1. The molecule has 3 aliphatic rings. The third-order valence-corrected chi connectivity index (χ3v) is 8.07. The van der Waals surface area contributed by atoms with Crippen LogP contribution in [0.15, 0.2) is 24.3 Å². The largest absolute Gasteiger partial charge is 0.496 e. The number of hydrogen-bond acceptors (Lipinski definition) is 6. The molecule has 1 aromatic carbocycles. The maximum atomic E-state index is 13.1. The molecule has 0 aliphatic carbocycles. The fraction of sp³-hybridized carbons (Fsp3) is 0.583. The molecule has 0 bridgehead atoms. The molecule has 0 saturated carbocycles. The van der Waals surface area contributed by atoms with Gasteiger partial charge in [0.25, 0.3) is 5.91 Å². The van der Waals surface area contributed by atoms with E-state index in [1.54, 1.807) is 6.07 Å². The lowest BCUT2D eigenvalue weighted by atomic mass is 9.79. The van der Waals surface area contributed by atoms with Gasteiger partial charge in [-0.1, -0.05) is 23.7 Å². The predicted octanol–water partition coefficient (Wildman–Crippen LogP) is 2.99. The molecule has 2 fully saturated rings. The molecule has 4 heterocycles. The second kappa shape index (κ2) is 8.64. The van der Waals surface area contributed by atoms with Gasteiger partial charge in [-0.2, -0.15) is 5.10 Å². The number of fused-ring (bicyclic) bond motifs is 1. The Morgan fingerprint density at radius 3 is 2.62 bits per heavy atom. The molecular formula is C24H32BClN4O4. The number of β-amino-alcohol motifs (C(OH)–C–C–N with tert-alkyl or cyclic N) is 1. The van der Waals surface area contributed by atoms with E-state index in [1.165, 1.54) is 0 Å². The molecule has 34 heavy (non-hydrogen) atoms. The number of aromatic nitrogens is 2. The van der Waals surface area contributed by atoms with E-state index < -0.39 is 18.3 Å². The van der Waals surface area contributed by atoms with Crippen LogP contribution in [0, 0.1) is 0 Å². The van der Waals surface area contributed by atoms with Crippen LogP contribution in [0.25, 0.3) is 0 Å². The molecule has 0 spiro atoms. The molecular weight excluding hydrogens is 455 g/mol. The minimum absolute atomic E-state index is 0.176. The predicted molar refractivity (Wildman–Crippen MR) is 132 cm³/mol. The fourth-order valence-electron chi connectivity index (χ4n) is 4.98. The van der Waals surface area contributed by atoms with Gasteiger partial charge in [-0.25, -0.2) is 0 Å². The minimum atomic E-state index is -0.620. The van der Waals surface area contributed by atoms with Crippen LogP contribution in [0.3, 0.4) is 0 Å². The molecule has 1 aromatic heterocycles. The first-order chi connectivity index (χ1) is 16.1. The highest BCUT2D eigenvalue weighted by Crippen LogP contribution is 2.38. The van der Waals surface area contributed by atoms with Crippen LogP contribution in [0.2, 0.25) is 5.02 Å². The molecule has 2 atom stereocenters. The topological polar surface area (TPSA) is 88.9 Å². The average Bonchev–Trinajstić information content (AvgIpc) is 3.45. The number of rotatable bonds is 4. The lowest BCUT2D eigenvalue weighted by molar-refractivity contribution is 0.00578. The van der Waals surface area contributed by atoms with Crippen molar-refractivity contribution in [1.82, 2.24) is 14.7 Å². The second-order valence-corrected chi connectivity index (χ2v) is 10.9. The number of anilines is 1. The van der Waals surface area contributed by atoms with E-state index in [9.17, 15) is 9.90 Å². The Labute approximate surface area is 205 Å². The zero-order valence-corrected chi connectivity index (χ0v) is 20.9. The van der Waals surface area contributed by atoms with Crippen LogP contribution in [-0.2, 0) is 15.9 Å². The number of carbonyl (C=O) groups is 1. The normalized spacial score (nSPS) is 26.0. The monoisotopic (exact) mass is 486 g/mol. The summed E-state index contributed by atoms with van der Waals surface area (Å²) in [6.07, 6.45) is 2.51. The Balaban J connectivity index is 1.35. The molecule has 2 saturated heterocycles. The summed E-state index contributed by atoms with van der Waals surface area (Å²) >= 11 is 6.70.